The molecule has 1 aliphatic heterocycles. The van der Waals surface area contributed by atoms with Crippen molar-refractivity contribution < 1.29 is 24.2 Å². The fraction of sp³-hybridized carbons (Fsp3) is 0.389. The highest BCUT2D eigenvalue weighted by molar-refractivity contribution is 5.90. The van der Waals surface area contributed by atoms with Crippen LogP contribution in [-0.4, -0.2) is 40.0 Å². The minimum atomic E-state index is -0.680. The highest BCUT2D eigenvalue weighted by Crippen LogP contribution is 2.32. The molecule has 0 radical (unpaired) electrons. The molecule has 0 spiro atoms. The van der Waals surface area contributed by atoms with E-state index in [9.17, 15) is 24.6 Å². The molecule has 1 aliphatic rings. The van der Waals surface area contributed by atoms with Crippen LogP contribution in [0.5, 0.6) is 11.5 Å². The van der Waals surface area contributed by atoms with E-state index in [1.165, 1.54) is 6.07 Å². The Morgan fingerprint density at radius 1 is 1.27 bits per heavy atom. The van der Waals surface area contributed by atoms with Crippen LogP contribution in [0.3, 0.4) is 0 Å². The zero-order chi connectivity index (χ0) is 19.0. The molecule has 1 saturated heterocycles. The van der Waals surface area contributed by atoms with Gasteiger partial charge in [0.25, 0.3) is 0 Å². The van der Waals surface area contributed by atoms with Gasteiger partial charge in [0.05, 0.1) is 17.4 Å². The molecule has 2 heterocycles. The molecule has 1 fully saturated rings. The lowest BCUT2D eigenvalue weighted by molar-refractivity contribution is -0.134. The number of aromatic hydroxyl groups is 2. The Balaban J connectivity index is 1.86. The average molecular weight is 360 g/mol. The van der Waals surface area contributed by atoms with Gasteiger partial charge in [0.15, 0.2) is 0 Å². The second-order valence-corrected chi connectivity index (χ2v) is 6.57. The molecule has 0 unspecified atom stereocenters. The van der Waals surface area contributed by atoms with Crippen LogP contribution in [0.15, 0.2) is 21.3 Å². The van der Waals surface area contributed by atoms with Crippen molar-refractivity contribution in [3.05, 3.63) is 33.7 Å². The quantitative estimate of drug-likeness (QED) is 0.693. The maximum absolute atomic E-state index is 12.6. The van der Waals surface area contributed by atoms with Crippen molar-refractivity contribution in [3.8, 4) is 11.5 Å². The Hall–Kier alpha value is -3.03. The second-order valence-electron chi connectivity index (χ2n) is 6.57. The molecule has 1 aromatic carbocycles. The smallest absolute Gasteiger partial charge is 0.340 e. The van der Waals surface area contributed by atoms with Gasteiger partial charge >= 0.3 is 5.63 Å². The third kappa shape index (κ3) is 3.22. The van der Waals surface area contributed by atoms with Gasteiger partial charge < -0.3 is 25.3 Å². The van der Waals surface area contributed by atoms with Gasteiger partial charge in [-0.25, -0.2) is 4.79 Å². The Labute approximate surface area is 148 Å². The summed E-state index contributed by atoms with van der Waals surface area (Å²) in [7, 11) is 0. The summed E-state index contributed by atoms with van der Waals surface area (Å²) in [5.74, 6) is -1.28. The molecule has 0 aliphatic carbocycles. The van der Waals surface area contributed by atoms with E-state index in [4.69, 9.17) is 10.2 Å². The summed E-state index contributed by atoms with van der Waals surface area (Å²) >= 11 is 0. The third-order valence-electron chi connectivity index (χ3n) is 4.92. The number of aryl methyl sites for hydroxylation is 1. The van der Waals surface area contributed by atoms with Gasteiger partial charge in [-0.3, -0.25) is 9.59 Å². The van der Waals surface area contributed by atoms with Gasteiger partial charge in [0, 0.05) is 31.1 Å². The van der Waals surface area contributed by atoms with Crippen LogP contribution in [0.2, 0.25) is 0 Å². The number of nitrogens with two attached hydrogens (primary N) is 1. The van der Waals surface area contributed by atoms with E-state index < -0.39 is 5.63 Å². The molecule has 0 atom stereocenters. The Bertz CT molecular complexity index is 941. The van der Waals surface area contributed by atoms with Gasteiger partial charge in [0.2, 0.25) is 11.8 Å². The highest BCUT2D eigenvalue weighted by atomic mass is 16.4. The fourth-order valence-electron chi connectivity index (χ4n) is 3.39. The minimum Gasteiger partial charge on any atom is -0.508 e. The van der Waals surface area contributed by atoms with Crippen LogP contribution < -0.4 is 11.4 Å². The first kappa shape index (κ1) is 17.8. The molecule has 0 saturated carbocycles. The minimum absolute atomic E-state index is 0.0588. The van der Waals surface area contributed by atoms with E-state index in [0.29, 0.717) is 31.5 Å². The monoisotopic (exact) mass is 360 g/mol. The summed E-state index contributed by atoms with van der Waals surface area (Å²) in [6.07, 6.45) is 0.852. The zero-order valence-electron chi connectivity index (χ0n) is 14.3. The van der Waals surface area contributed by atoms with E-state index >= 15 is 0 Å². The Morgan fingerprint density at radius 3 is 2.54 bits per heavy atom. The van der Waals surface area contributed by atoms with Crippen LogP contribution in [0, 0.1) is 12.8 Å². The molecule has 4 N–H and O–H groups in total. The molecule has 8 nitrogen and oxygen atoms in total. The lowest BCUT2D eigenvalue weighted by Gasteiger charge is -2.30. The molecular formula is C18H20N2O6. The predicted octanol–water partition coefficient (Wildman–Crippen LogP) is 0.779. The number of carbonyl (C=O) groups excluding carboxylic acids is 2. The van der Waals surface area contributed by atoms with Gasteiger partial charge in [-0.2, -0.15) is 0 Å². The molecule has 2 amide bonds. The first-order valence-corrected chi connectivity index (χ1v) is 8.33. The van der Waals surface area contributed by atoms with E-state index in [-0.39, 0.29) is 52.2 Å². The zero-order valence-corrected chi connectivity index (χ0v) is 14.3. The predicted molar refractivity (Wildman–Crippen MR) is 92.8 cm³/mol. The van der Waals surface area contributed by atoms with Crippen molar-refractivity contribution in [2.45, 2.75) is 26.2 Å². The number of fused-ring (bicyclic) bond motifs is 1. The molecule has 138 valence electrons. The fourth-order valence-corrected chi connectivity index (χ4v) is 3.39. The van der Waals surface area contributed by atoms with E-state index in [1.807, 2.05) is 0 Å². The number of piperidine rings is 1. The number of phenols is 2. The largest absolute Gasteiger partial charge is 0.508 e. The summed E-state index contributed by atoms with van der Waals surface area (Å²) in [6.45, 7) is 2.44. The summed E-state index contributed by atoms with van der Waals surface area (Å²) < 4.78 is 5.16. The maximum Gasteiger partial charge on any atom is 0.340 e. The van der Waals surface area contributed by atoms with Crippen LogP contribution >= 0.6 is 0 Å². The van der Waals surface area contributed by atoms with Crippen molar-refractivity contribution in [3.63, 3.8) is 0 Å². The maximum atomic E-state index is 12.6. The number of rotatable bonds is 3. The second kappa shape index (κ2) is 6.70. The standard InChI is InChI=1S/C18H20N2O6/c1-9-12(8-15(23)20-4-2-10(3-5-20)17(19)24)18(25)26-14-7-11(21)6-13(22)16(9)14/h6-7,10,21-22H,2-5,8H2,1H3,(H2,19,24). The summed E-state index contributed by atoms with van der Waals surface area (Å²) in [4.78, 5) is 37.6. The number of primary amides is 1. The van der Waals surface area contributed by atoms with Crippen LogP contribution in [0.25, 0.3) is 11.0 Å². The van der Waals surface area contributed by atoms with Crippen molar-refractivity contribution >= 4 is 22.8 Å². The van der Waals surface area contributed by atoms with Gasteiger partial charge in [-0.05, 0) is 25.3 Å². The molecule has 0 bridgehead atoms. The Morgan fingerprint density at radius 2 is 1.92 bits per heavy atom. The number of phenolic OH excluding ortho intramolecular Hbond substituents is 2. The Kier molecular flexibility index (Phi) is 4.58. The van der Waals surface area contributed by atoms with Gasteiger partial charge in [0.1, 0.15) is 17.1 Å². The van der Waals surface area contributed by atoms with Crippen LogP contribution in [0.1, 0.15) is 24.0 Å². The summed E-state index contributed by atoms with van der Waals surface area (Å²) in [5, 5.41) is 19.9. The molecular weight excluding hydrogens is 340 g/mol. The van der Waals surface area contributed by atoms with E-state index in [2.05, 4.69) is 0 Å². The lowest BCUT2D eigenvalue weighted by Crippen LogP contribution is -2.42. The SMILES string of the molecule is Cc1c(CC(=O)N2CCC(C(N)=O)CC2)c(=O)oc2cc(O)cc(O)c12. The van der Waals surface area contributed by atoms with Crippen molar-refractivity contribution in [1.29, 1.82) is 0 Å². The van der Waals surface area contributed by atoms with E-state index in [1.54, 1.807) is 11.8 Å². The summed E-state index contributed by atoms with van der Waals surface area (Å²) in [5.41, 5.74) is 5.28. The lowest BCUT2D eigenvalue weighted by atomic mass is 9.95. The molecule has 1 aromatic heterocycles. The first-order valence-electron chi connectivity index (χ1n) is 8.33. The van der Waals surface area contributed by atoms with Crippen LogP contribution in [0.4, 0.5) is 0 Å². The third-order valence-corrected chi connectivity index (χ3v) is 4.92. The molecule has 26 heavy (non-hydrogen) atoms. The van der Waals surface area contributed by atoms with Crippen LogP contribution in [-0.2, 0) is 16.0 Å². The number of carbonyl (C=O) groups is 2. The molecule has 3 rings (SSSR count). The van der Waals surface area contributed by atoms with E-state index in [0.717, 1.165) is 6.07 Å². The number of hydrogen-bond donors (Lipinski definition) is 3. The normalized spacial score (nSPS) is 15.3. The van der Waals surface area contributed by atoms with Crippen molar-refractivity contribution in [2.75, 3.05) is 13.1 Å². The highest BCUT2D eigenvalue weighted by Gasteiger charge is 2.27. The molecule has 8 heteroatoms. The van der Waals surface area contributed by atoms with Gasteiger partial charge in [-0.15, -0.1) is 0 Å². The number of amides is 2. The van der Waals surface area contributed by atoms with Gasteiger partial charge in [-0.1, -0.05) is 0 Å². The van der Waals surface area contributed by atoms with Crippen molar-refractivity contribution in [2.24, 2.45) is 11.7 Å². The number of nitrogens with zero attached hydrogens (tertiary/aromatic N) is 1. The number of likely N-dealkylation sites (tertiary alicyclic amines) is 1. The first-order chi connectivity index (χ1) is 12.3. The number of benzene rings is 1. The topological polar surface area (TPSA) is 134 Å². The average Bonchev–Trinajstić information content (AvgIpc) is 2.57. The van der Waals surface area contributed by atoms with Crippen molar-refractivity contribution in [1.82, 2.24) is 4.90 Å². The summed E-state index contributed by atoms with van der Waals surface area (Å²) in [6, 6.07) is 2.39. The number of hydrogen-bond acceptors (Lipinski definition) is 6. The molecule has 2 aromatic rings.